The fourth-order valence-electron chi connectivity index (χ4n) is 3.11. The van der Waals surface area contributed by atoms with Crippen LogP contribution in [0.2, 0.25) is 0 Å². The third kappa shape index (κ3) is 13.4. The number of aliphatic hydroxyl groups is 1. The van der Waals surface area contributed by atoms with Crippen molar-refractivity contribution in [1.82, 2.24) is 16.0 Å². The summed E-state index contributed by atoms with van der Waals surface area (Å²) in [6.07, 6.45) is -1.74. The number of nitrogens with two attached hydrogens (primary N) is 3. The number of carbonyl (C=O) groups is 5. The van der Waals surface area contributed by atoms with Crippen LogP contribution in [0.15, 0.2) is 4.99 Å². The fraction of sp³-hybridized carbons (Fsp3) is 0.714. The number of carboxylic acids is 2. The summed E-state index contributed by atoms with van der Waals surface area (Å²) in [5.41, 5.74) is 16.4. The molecule has 15 heteroatoms. The van der Waals surface area contributed by atoms with Gasteiger partial charge in [-0.05, 0) is 38.5 Å². The maximum atomic E-state index is 12.9. The molecule has 5 unspecified atom stereocenters. The molecule has 0 fully saturated rings. The molecule has 5 atom stereocenters. The minimum atomic E-state index is -1.52. The van der Waals surface area contributed by atoms with Gasteiger partial charge in [-0.1, -0.05) is 13.8 Å². The Hall–Kier alpha value is -3.46. The third-order valence-corrected chi connectivity index (χ3v) is 4.96. The molecule has 0 spiro atoms. The lowest BCUT2D eigenvalue weighted by atomic mass is 10.0. The van der Waals surface area contributed by atoms with Crippen molar-refractivity contribution in [2.24, 2.45) is 28.1 Å². The number of aliphatic carboxylic acids is 2. The minimum absolute atomic E-state index is 0.0348. The average molecular weight is 518 g/mol. The van der Waals surface area contributed by atoms with Gasteiger partial charge in [0.05, 0.1) is 12.1 Å². The molecule has 15 nitrogen and oxygen atoms in total. The van der Waals surface area contributed by atoms with Crippen molar-refractivity contribution in [1.29, 1.82) is 0 Å². The Balaban J connectivity index is 5.58. The maximum absolute atomic E-state index is 12.9. The number of amides is 3. The second kappa shape index (κ2) is 16.3. The molecule has 0 aliphatic rings. The lowest BCUT2D eigenvalue weighted by molar-refractivity contribution is -0.143. The molecule has 0 saturated heterocycles. The zero-order valence-electron chi connectivity index (χ0n) is 20.8. The number of nitrogens with one attached hydrogen (secondary N) is 3. The molecule has 3 amide bonds. The van der Waals surface area contributed by atoms with Crippen LogP contribution in [-0.4, -0.2) is 87.8 Å². The number of carbonyl (C=O) groups excluding carboxylic acids is 3. The Labute approximate surface area is 209 Å². The van der Waals surface area contributed by atoms with Crippen LogP contribution in [0.4, 0.5) is 0 Å². The Morgan fingerprint density at radius 2 is 1.44 bits per heavy atom. The van der Waals surface area contributed by atoms with Crippen LogP contribution in [0, 0.1) is 5.92 Å². The average Bonchev–Trinajstić information content (AvgIpc) is 2.75. The van der Waals surface area contributed by atoms with Crippen molar-refractivity contribution in [3.8, 4) is 0 Å². The summed E-state index contributed by atoms with van der Waals surface area (Å²) in [5, 5.41) is 35.2. The summed E-state index contributed by atoms with van der Waals surface area (Å²) >= 11 is 0. The van der Waals surface area contributed by atoms with Crippen molar-refractivity contribution in [2.75, 3.05) is 6.54 Å². The number of nitrogens with zero attached hydrogens (tertiary/aromatic N) is 1. The van der Waals surface area contributed by atoms with E-state index in [2.05, 4.69) is 20.9 Å². The predicted octanol–water partition coefficient (Wildman–Crippen LogP) is -2.80. The first-order valence-electron chi connectivity index (χ1n) is 11.5. The van der Waals surface area contributed by atoms with Crippen molar-refractivity contribution >= 4 is 35.6 Å². The van der Waals surface area contributed by atoms with Crippen molar-refractivity contribution in [3.63, 3.8) is 0 Å². The van der Waals surface area contributed by atoms with E-state index in [0.717, 1.165) is 0 Å². The van der Waals surface area contributed by atoms with E-state index in [-0.39, 0.29) is 37.7 Å². The monoisotopic (exact) mass is 517 g/mol. The van der Waals surface area contributed by atoms with Gasteiger partial charge < -0.3 is 48.5 Å². The fourth-order valence-corrected chi connectivity index (χ4v) is 3.11. The number of aliphatic imine (C=N–C) groups is 1. The van der Waals surface area contributed by atoms with E-state index in [0.29, 0.717) is 6.42 Å². The first kappa shape index (κ1) is 32.5. The van der Waals surface area contributed by atoms with Crippen LogP contribution in [-0.2, 0) is 24.0 Å². The summed E-state index contributed by atoms with van der Waals surface area (Å²) in [6, 6.07) is -5.21. The first-order chi connectivity index (χ1) is 16.6. The van der Waals surface area contributed by atoms with Crippen LogP contribution >= 0.6 is 0 Å². The van der Waals surface area contributed by atoms with E-state index >= 15 is 0 Å². The lowest BCUT2D eigenvalue weighted by Crippen LogP contribution is -2.59. The van der Waals surface area contributed by atoms with E-state index < -0.39 is 66.4 Å². The highest BCUT2D eigenvalue weighted by Crippen LogP contribution is 2.06. The Morgan fingerprint density at radius 3 is 1.92 bits per heavy atom. The van der Waals surface area contributed by atoms with Gasteiger partial charge in [0.25, 0.3) is 0 Å². The van der Waals surface area contributed by atoms with Gasteiger partial charge in [-0.2, -0.15) is 0 Å². The molecule has 0 radical (unpaired) electrons. The van der Waals surface area contributed by atoms with Crippen LogP contribution in [0.3, 0.4) is 0 Å². The number of rotatable bonds is 17. The smallest absolute Gasteiger partial charge is 0.326 e. The summed E-state index contributed by atoms with van der Waals surface area (Å²) in [4.78, 5) is 64.1. The van der Waals surface area contributed by atoms with E-state index in [9.17, 15) is 34.2 Å². The van der Waals surface area contributed by atoms with Gasteiger partial charge in [-0.25, -0.2) is 4.79 Å². The second-order valence-corrected chi connectivity index (χ2v) is 8.80. The van der Waals surface area contributed by atoms with E-state index in [1.54, 1.807) is 0 Å². The highest BCUT2D eigenvalue weighted by atomic mass is 16.4. The summed E-state index contributed by atoms with van der Waals surface area (Å²) in [5.74, 6) is -5.27. The predicted molar refractivity (Wildman–Crippen MR) is 129 cm³/mol. The molecule has 0 rings (SSSR count). The maximum Gasteiger partial charge on any atom is 0.326 e. The Bertz CT molecular complexity index is 799. The summed E-state index contributed by atoms with van der Waals surface area (Å²) < 4.78 is 0. The van der Waals surface area contributed by atoms with Gasteiger partial charge in [0.1, 0.15) is 18.1 Å². The number of hydrogen-bond acceptors (Lipinski definition) is 8. The summed E-state index contributed by atoms with van der Waals surface area (Å²) in [7, 11) is 0. The molecular formula is C21H39N7O8. The third-order valence-electron chi connectivity index (χ3n) is 4.96. The van der Waals surface area contributed by atoms with E-state index in [1.807, 2.05) is 13.8 Å². The van der Waals surface area contributed by atoms with Gasteiger partial charge in [0.15, 0.2) is 5.96 Å². The highest BCUT2D eigenvalue weighted by molar-refractivity contribution is 5.94. The second-order valence-electron chi connectivity index (χ2n) is 8.80. The largest absolute Gasteiger partial charge is 0.481 e. The SMILES string of the molecule is CC(C)CC(N)C(=O)NC(C(=O)NC(CCCN=C(N)N)C(=O)NC(CCC(=O)O)C(=O)O)C(C)O. The molecule has 0 aromatic rings. The molecule has 0 aromatic carbocycles. The number of guanidine groups is 1. The van der Waals surface area contributed by atoms with Crippen molar-refractivity contribution < 1.29 is 39.3 Å². The minimum Gasteiger partial charge on any atom is -0.481 e. The lowest BCUT2D eigenvalue weighted by Gasteiger charge is -2.26. The number of hydrogen-bond donors (Lipinski definition) is 9. The molecule has 0 heterocycles. The molecule has 206 valence electrons. The van der Waals surface area contributed by atoms with Gasteiger partial charge in [-0.15, -0.1) is 0 Å². The molecule has 0 bridgehead atoms. The number of carboxylic acid groups (broad SMARTS) is 2. The molecule has 12 N–H and O–H groups in total. The van der Waals surface area contributed by atoms with E-state index in [4.69, 9.17) is 22.3 Å². The molecule has 36 heavy (non-hydrogen) atoms. The quantitative estimate of drug-likeness (QED) is 0.0539. The Morgan fingerprint density at radius 1 is 0.861 bits per heavy atom. The van der Waals surface area contributed by atoms with Gasteiger partial charge in [-0.3, -0.25) is 24.2 Å². The summed E-state index contributed by atoms with van der Waals surface area (Å²) in [6.45, 7) is 5.08. The van der Waals surface area contributed by atoms with Crippen LogP contribution in [0.5, 0.6) is 0 Å². The normalized spacial score (nSPS) is 15.1. The first-order valence-corrected chi connectivity index (χ1v) is 11.5. The zero-order valence-corrected chi connectivity index (χ0v) is 20.8. The molecule has 0 aromatic heterocycles. The molecule has 0 saturated carbocycles. The van der Waals surface area contributed by atoms with Crippen LogP contribution < -0.4 is 33.2 Å². The topological polar surface area (TPSA) is 273 Å². The highest BCUT2D eigenvalue weighted by Gasteiger charge is 2.32. The van der Waals surface area contributed by atoms with Crippen LogP contribution in [0.25, 0.3) is 0 Å². The van der Waals surface area contributed by atoms with Crippen molar-refractivity contribution in [3.05, 3.63) is 0 Å². The zero-order chi connectivity index (χ0) is 28.0. The number of aliphatic hydroxyl groups excluding tert-OH is 1. The molecular weight excluding hydrogens is 478 g/mol. The van der Waals surface area contributed by atoms with E-state index in [1.165, 1.54) is 6.92 Å². The standard InChI is InChI=1S/C21H39N7O8/c1-10(2)9-12(22)17(32)28-16(11(3)29)19(34)26-13(5-4-8-25-21(23)24)18(33)27-14(20(35)36)6-7-15(30)31/h10-14,16,29H,4-9,22H2,1-3H3,(H,26,34)(H,27,33)(H,28,32)(H,30,31)(H,35,36)(H4,23,24,25). The van der Waals surface area contributed by atoms with Crippen LogP contribution in [0.1, 0.15) is 52.9 Å². The molecule has 0 aliphatic carbocycles. The van der Waals surface area contributed by atoms with Gasteiger partial charge >= 0.3 is 11.9 Å². The molecule has 0 aliphatic heterocycles. The van der Waals surface area contributed by atoms with Gasteiger partial charge in [0, 0.05) is 13.0 Å². The van der Waals surface area contributed by atoms with Gasteiger partial charge in [0.2, 0.25) is 17.7 Å². The Kier molecular flexibility index (Phi) is 14.7. The van der Waals surface area contributed by atoms with Crippen molar-refractivity contribution in [2.45, 2.75) is 83.1 Å².